The molecule has 0 bridgehead atoms. The third-order valence-electron chi connectivity index (χ3n) is 3.79. The van der Waals surface area contributed by atoms with E-state index in [-0.39, 0.29) is 0 Å². The molecule has 1 aliphatic carbocycles. The molecular weight excluding hydrogens is 172 g/mol. The number of hydrogen-bond acceptors (Lipinski definition) is 2. The van der Waals surface area contributed by atoms with Gasteiger partial charge >= 0.3 is 0 Å². The van der Waals surface area contributed by atoms with Gasteiger partial charge < -0.3 is 10.2 Å². The molecule has 1 N–H and O–H groups in total. The largest absolute Gasteiger partial charge is 0.314 e. The van der Waals surface area contributed by atoms with Crippen molar-refractivity contribution >= 4 is 0 Å². The zero-order chi connectivity index (χ0) is 9.64. The van der Waals surface area contributed by atoms with Crippen LogP contribution in [0.3, 0.4) is 0 Å². The molecule has 2 nitrogen and oxygen atoms in total. The Morgan fingerprint density at radius 3 is 2.43 bits per heavy atom. The highest BCUT2D eigenvalue weighted by Crippen LogP contribution is 2.26. The molecule has 14 heavy (non-hydrogen) atoms. The predicted molar refractivity (Wildman–Crippen MR) is 60.5 cm³/mol. The van der Waals surface area contributed by atoms with Crippen molar-refractivity contribution in [2.75, 3.05) is 32.7 Å². The Kier molecular flexibility index (Phi) is 4.26. The van der Waals surface area contributed by atoms with Gasteiger partial charge in [0.25, 0.3) is 0 Å². The van der Waals surface area contributed by atoms with Gasteiger partial charge in [0.2, 0.25) is 0 Å². The number of nitrogens with one attached hydrogen (secondary N) is 1. The molecular formula is C12H24N2. The van der Waals surface area contributed by atoms with Crippen LogP contribution in [0.1, 0.15) is 38.5 Å². The standard InChI is InChI=1S/C12H24N2/c1-2-4-12(5-3-1)6-9-14-10-7-13-8-11-14/h12-13H,1-11H2. The van der Waals surface area contributed by atoms with Crippen molar-refractivity contribution in [3.8, 4) is 0 Å². The van der Waals surface area contributed by atoms with Crippen molar-refractivity contribution < 1.29 is 0 Å². The van der Waals surface area contributed by atoms with Crippen LogP contribution in [0.2, 0.25) is 0 Å². The summed E-state index contributed by atoms with van der Waals surface area (Å²) in [6, 6.07) is 0. The van der Waals surface area contributed by atoms with Crippen molar-refractivity contribution in [3.63, 3.8) is 0 Å². The highest BCUT2D eigenvalue weighted by Gasteiger charge is 2.15. The second kappa shape index (κ2) is 5.72. The SMILES string of the molecule is C1CCC(CCN2CCNCC2)CC1. The molecule has 1 aliphatic heterocycles. The van der Waals surface area contributed by atoms with Gasteiger partial charge in [-0.25, -0.2) is 0 Å². The molecule has 0 spiro atoms. The van der Waals surface area contributed by atoms with Gasteiger partial charge in [0.05, 0.1) is 0 Å². The minimum atomic E-state index is 1.05. The topological polar surface area (TPSA) is 15.3 Å². The molecule has 0 radical (unpaired) electrons. The van der Waals surface area contributed by atoms with E-state index >= 15 is 0 Å². The fourth-order valence-corrected chi connectivity index (χ4v) is 2.78. The summed E-state index contributed by atoms with van der Waals surface area (Å²) in [5.41, 5.74) is 0. The molecule has 2 aliphatic rings. The summed E-state index contributed by atoms with van der Waals surface area (Å²) >= 11 is 0. The zero-order valence-electron chi connectivity index (χ0n) is 9.30. The summed E-state index contributed by atoms with van der Waals surface area (Å²) < 4.78 is 0. The Balaban J connectivity index is 1.60. The zero-order valence-corrected chi connectivity index (χ0v) is 9.30. The van der Waals surface area contributed by atoms with Crippen molar-refractivity contribution in [2.24, 2.45) is 5.92 Å². The first-order chi connectivity index (χ1) is 6.95. The second-order valence-corrected chi connectivity index (χ2v) is 4.88. The quantitative estimate of drug-likeness (QED) is 0.741. The Bertz CT molecular complexity index is 128. The van der Waals surface area contributed by atoms with Crippen molar-refractivity contribution in [1.29, 1.82) is 0 Å². The first-order valence-corrected chi connectivity index (χ1v) is 6.38. The summed E-state index contributed by atoms with van der Waals surface area (Å²) in [4.78, 5) is 2.63. The molecule has 0 atom stereocenters. The summed E-state index contributed by atoms with van der Waals surface area (Å²) in [7, 11) is 0. The van der Waals surface area contributed by atoms with Crippen LogP contribution in [0.25, 0.3) is 0 Å². The minimum Gasteiger partial charge on any atom is -0.314 e. The van der Waals surface area contributed by atoms with Crippen LogP contribution in [0.15, 0.2) is 0 Å². The Hall–Kier alpha value is -0.0800. The predicted octanol–water partition coefficient (Wildman–Crippen LogP) is 1.86. The van der Waals surface area contributed by atoms with Gasteiger partial charge in [0.15, 0.2) is 0 Å². The first-order valence-electron chi connectivity index (χ1n) is 6.38. The van der Waals surface area contributed by atoms with Crippen molar-refractivity contribution in [3.05, 3.63) is 0 Å². The maximum Gasteiger partial charge on any atom is 0.0107 e. The fourth-order valence-electron chi connectivity index (χ4n) is 2.78. The molecule has 2 fully saturated rings. The molecule has 1 saturated heterocycles. The van der Waals surface area contributed by atoms with Crippen LogP contribution in [-0.4, -0.2) is 37.6 Å². The van der Waals surface area contributed by atoms with Crippen LogP contribution in [0.5, 0.6) is 0 Å². The lowest BCUT2D eigenvalue weighted by Crippen LogP contribution is -2.44. The minimum absolute atomic E-state index is 1.05. The van der Waals surface area contributed by atoms with E-state index in [1.54, 1.807) is 0 Å². The fraction of sp³-hybridized carbons (Fsp3) is 1.00. The van der Waals surface area contributed by atoms with Gasteiger partial charge in [0, 0.05) is 26.2 Å². The summed E-state index contributed by atoms with van der Waals surface area (Å²) in [5.74, 6) is 1.05. The smallest absolute Gasteiger partial charge is 0.0107 e. The second-order valence-electron chi connectivity index (χ2n) is 4.88. The number of hydrogen-bond donors (Lipinski definition) is 1. The van der Waals surface area contributed by atoms with Crippen LogP contribution in [-0.2, 0) is 0 Å². The Morgan fingerprint density at radius 2 is 1.71 bits per heavy atom. The summed E-state index contributed by atoms with van der Waals surface area (Å²) in [6.45, 7) is 6.29. The highest BCUT2D eigenvalue weighted by atomic mass is 15.2. The molecule has 0 amide bonds. The third-order valence-corrected chi connectivity index (χ3v) is 3.79. The lowest BCUT2D eigenvalue weighted by atomic mass is 9.87. The van der Waals surface area contributed by atoms with Crippen LogP contribution in [0, 0.1) is 5.92 Å². The Morgan fingerprint density at radius 1 is 1.00 bits per heavy atom. The molecule has 1 heterocycles. The number of rotatable bonds is 3. The van der Waals surface area contributed by atoms with Gasteiger partial charge in [-0.3, -0.25) is 0 Å². The molecule has 0 unspecified atom stereocenters. The molecule has 0 aromatic carbocycles. The van der Waals surface area contributed by atoms with Crippen LogP contribution in [0.4, 0.5) is 0 Å². The third kappa shape index (κ3) is 3.25. The van der Waals surface area contributed by atoms with E-state index in [4.69, 9.17) is 0 Å². The normalized spacial score (nSPS) is 26.6. The molecule has 0 aromatic rings. The average Bonchev–Trinajstić information content (AvgIpc) is 2.29. The van der Waals surface area contributed by atoms with E-state index in [9.17, 15) is 0 Å². The highest BCUT2D eigenvalue weighted by molar-refractivity contribution is 4.71. The summed E-state index contributed by atoms with van der Waals surface area (Å²) in [6.07, 6.45) is 8.95. The first kappa shape index (κ1) is 10.4. The van der Waals surface area contributed by atoms with Gasteiger partial charge in [0.1, 0.15) is 0 Å². The van der Waals surface area contributed by atoms with Gasteiger partial charge in [-0.15, -0.1) is 0 Å². The molecule has 82 valence electrons. The molecule has 2 rings (SSSR count). The van der Waals surface area contributed by atoms with E-state index < -0.39 is 0 Å². The average molecular weight is 196 g/mol. The molecule has 1 saturated carbocycles. The van der Waals surface area contributed by atoms with Gasteiger partial charge in [-0.05, 0) is 18.9 Å². The molecule has 0 aromatic heterocycles. The van der Waals surface area contributed by atoms with E-state index in [1.165, 1.54) is 71.2 Å². The summed E-state index contributed by atoms with van der Waals surface area (Å²) in [5, 5.41) is 3.41. The Labute approximate surface area is 88.1 Å². The molecule has 2 heteroatoms. The number of nitrogens with zero attached hydrogens (tertiary/aromatic N) is 1. The van der Waals surface area contributed by atoms with Crippen molar-refractivity contribution in [2.45, 2.75) is 38.5 Å². The van der Waals surface area contributed by atoms with Crippen molar-refractivity contribution in [1.82, 2.24) is 10.2 Å². The van der Waals surface area contributed by atoms with Crippen LogP contribution >= 0.6 is 0 Å². The number of piperazine rings is 1. The van der Waals surface area contributed by atoms with Crippen LogP contribution < -0.4 is 5.32 Å². The lowest BCUT2D eigenvalue weighted by Gasteiger charge is -2.29. The monoisotopic (exact) mass is 196 g/mol. The lowest BCUT2D eigenvalue weighted by molar-refractivity contribution is 0.210. The van der Waals surface area contributed by atoms with E-state index in [0.717, 1.165) is 5.92 Å². The van der Waals surface area contributed by atoms with Gasteiger partial charge in [-0.2, -0.15) is 0 Å². The van der Waals surface area contributed by atoms with E-state index in [2.05, 4.69) is 10.2 Å². The maximum absolute atomic E-state index is 3.41. The van der Waals surface area contributed by atoms with Gasteiger partial charge in [-0.1, -0.05) is 32.1 Å². The van der Waals surface area contributed by atoms with E-state index in [1.807, 2.05) is 0 Å². The maximum atomic E-state index is 3.41. The van der Waals surface area contributed by atoms with E-state index in [0.29, 0.717) is 0 Å².